The van der Waals surface area contributed by atoms with Crippen LogP contribution in [0.25, 0.3) is 0 Å². The normalized spacial score (nSPS) is 45.6. The standard InChI is InChI=1S/C28H47NO6/c1-16(6-9-24(32)29-15-25(33)35-5)19-7-8-20-26-21(14-23(31)28(19,20)3)27(2)11-10-18(34-4)12-17(27)13-22(26)30/h16-23,26,30-31H,6-15H2,1-5H3,(H,29,32)/t16-,17?,18+,19-,20+,21+,22-,23+,26+,27+,28?/m1/s1. The number of hydrogen-bond acceptors (Lipinski definition) is 6. The molecule has 0 bridgehead atoms. The van der Waals surface area contributed by atoms with Gasteiger partial charge in [0, 0.05) is 13.5 Å². The first-order valence-corrected chi connectivity index (χ1v) is 13.8. The van der Waals surface area contributed by atoms with Gasteiger partial charge in [-0.3, -0.25) is 9.59 Å². The van der Waals surface area contributed by atoms with Crippen LogP contribution in [0.4, 0.5) is 0 Å². The summed E-state index contributed by atoms with van der Waals surface area (Å²) < 4.78 is 10.3. The van der Waals surface area contributed by atoms with E-state index in [0.717, 1.165) is 51.4 Å². The van der Waals surface area contributed by atoms with Gasteiger partial charge in [-0.05, 0) is 97.7 Å². The molecule has 0 aromatic heterocycles. The topological polar surface area (TPSA) is 105 Å². The van der Waals surface area contributed by atoms with Crippen molar-refractivity contribution in [2.24, 2.45) is 46.3 Å². The molecule has 200 valence electrons. The number of hydrogen-bond donors (Lipinski definition) is 3. The summed E-state index contributed by atoms with van der Waals surface area (Å²) in [5, 5.41) is 25.8. The van der Waals surface area contributed by atoms with Crippen molar-refractivity contribution in [3.05, 3.63) is 0 Å². The van der Waals surface area contributed by atoms with E-state index in [2.05, 4.69) is 30.8 Å². The molecule has 35 heavy (non-hydrogen) atoms. The van der Waals surface area contributed by atoms with E-state index in [0.29, 0.717) is 30.1 Å². The highest BCUT2D eigenvalue weighted by atomic mass is 16.5. The Morgan fingerprint density at radius 1 is 1.06 bits per heavy atom. The Morgan fingerprint density at radius 2 is 1.80 bits per heavy atom. The van der Waals surface area contributed by atoms with Crippen molar-refractivity contribution in [1.29, 1.82) is 0 Å². The Kier molecular flexibility index (Phi) is 7.90. The number of carbonyl (C=O) groups is 2. The zero-order valence-electron chi connectivity index (χ0n) is 22.3. The third kappa shape index (κ3) is 4.66. The van der Waals surface area contributed by atoms with Gasteiger partial charge in [0.05, 0.1) is 25.4 Å². The van der Waals surface area contributed by atoms with E-state index in [-0.39, 0.29) is 53.4 Å². The molecule has 0 heterocycles. The zero-order valence-corrected chi connectivity index (χ0v) is 22.3. The Hall–Kier alpha value is -1.18. The molecule has 4 aliphatic carbocycles. The van der Waals surface area contributed by atoms with E-state index >= 15 is 0 Å². The van der Waals surface area contributed by atoms with Crippen LogP contribution in [0.2, 0.25) is 0 Å². The van der Waals surface area contributed by atoms with Crippen LogP contribution in [0.3, 0.4) is 0 Å². The predicted molar refractivity (Wildman–Crippen MR) is 132 cm³/mol. The average Bonchev–Trinajstić information content (AvgIpc) is 3.20. The van der Waals surface area contributed by atoms with E-state index in [1.54, 1.807) is 7.11 Å². The SMILES string of the molecule is COC(=O)CNC(=O)CC[C@@H](C)[C@H]1CC[C@H]2[C@@H]3[C@H](O)CC4C[C@@H](OC)CC[C@]4(C)[C@H]3C[C@H](O)C12C. The molecular formula is C28H47NO6. The summed E-state index contributed by atoms with van der Waals surface area (Å²) in [5.41, 5.74) is -0.0837. The number of nitrogens with one attached hydrogen (secondary N) is 1. The van der Waals surface area contributed by atoms with Gasteiger partial charge in [0.15, 0.2) is 0 Å². The lowest BCUT2D eigenvalue weighted by Gasteiger charge is -2.63. The minimum Gasteiger partial charge on any atom is -0.468 e. The van der Waals surface area contributed by atoms with Crippen LogP contribution in [0.15, 0.2) is 0 Å². The molecule has 0 spiro atoms. The van der Waals surface area contributed by atoms with Gasteiger partial charge in [-0.2, -0.15) is 0 Å². The van der Waals surface area contributed by atoms with Crippen LogP contribution in [0, 0.1) is 46.3 Å². The summed E-state index contributed by atoms with van der Waals surface area (Å²) in [7, 11) is 3.11. The first-order chi connectivity index (χ1) is 16.6. The third-order valence-electron chi connectivity index (χ3n) is 11.3. The monoisotopic (exact) mass is 493 g/mol. The smallest absolute Gasteiger partial charge is 0.325 e. The maximum absolute atomic E-state index is 12.2. The molecule has 2 unspecified atom stereocenters. The number of rotatable bonds is 7. The fourth-order valence-electron chi connectivity index (χ4n) is 9.22. The average molecular weight is 494 g/mol. The van der Waals surface area contributed by atoms with E-state index in [1.165, 1.54) is 7.11 Å². The maximum atomic E-state index is 12.2. The van der Waals surface area contributed by atoms with Crippen LogP contribution >= 0.6 is 0 Å². The molecule has 11 atom stereocenters. The van der Waals surface area contributed by atoms with Crippen molar-refractivity contribution in [3.8, 4) is 0 Å². The molecule has 4 fully saturated rings. The van der Waals surface area contributed by atoms with Crippen LogP contribution in [-0.2, 0) is 19.1 Å². The predicted octanol–water partition coefficient (Wildman–Crippen LogP) is 3.31. The number of esters is 1. The van der Waals surface area contributed by atoms with Gasteiger partial charge < -0.3 is 25.0 Å². The minimum atomic E-state index is -0.449. The van der Waals surface area contributed by atoms with Crippen molar-refractivity contribution >= 4 is 11.9 Å². The van der Waals surface area contributed by atoms with Crippen molar-refractivity contribution in [2.45, 2.75) is 96.9 Å². The summed E-state index contributed by atoms with van der Waals surface area (Å²) in [5.74, 6) is 1.36. The van der Waals surface area contributed by atoms with E-state index in [1.807, 2.05) is 0 Å². The molecule has 3 N–H and O–H groups in total. The van der Waals surface area contributed by atoms with Crippen molar-refractivity contribution in [3.63, 3.8) is 0 Å². The summed E-state index contributed by atoms with van der Waals surface area (Å²) in [6.07, 6.45) is 7.55. The van der Waals surface area contributed by atoms with Gasteiger partial charge in [0.2, 0.25) is 5.91 Å². The zero-order chi connectivity index (χ0) is 25.5. The molecule has 4 saturated carbocycles. The first kappa shape index (κ1) is 26.9. The van der Waals surface area contributed by atoms with E-state index in [4.69, 9.17) is 4.74 Å². The number of carbonyl (C=O) groups excluding carboxylic acids is 2. The van der Waals surface area contributed by atoms with Crippen molar-refractivity contribution in [2.75, 3.05) is 20.8 Å². The fourth-order valence-corrected chi connectivity index (χ4v) is 9.22. The van der Waals surface area contributed by atoms with E-state index in [9.17, 15) is 19.8 Å². The molecule has 0 saturated heterocycles. The molecular weight excluding hydrogens is 446 g/mol. The second-order valence-electron chi connectivity index (χ2n) is 12.6. The molecule has 0 aromatic rings. The van der Waals surface area contributed by atoms with Crippen LogP contribution < -0.4 is 5.32 Å². The number of ether oxygens (including phenoxy) is 2. The quantitative estimate of drug-likeness (QED) is 0.470. The number of amides is 1. The molecule has 4 rings (SSSR count). The number of fused-ring (bicyclic) bond motifs is 5. The Morgan fingerprint density at radius 3 is 2.49 bits per heavy atom. The first-order valence-electron chi connectivity index (χ1n) is 13.8. The van der Waals surface area contributed by atoms with Gasteiger partial charge in [-0.1, -0.05) is 20.8 Å². The molecule has 4 aliphatic rings. The Bertz CT molecular complexity index is 789. The molecule has 0 aliphatic heterocycles. The molecule has 0 aromatic carbocycles. The van der Waals surface area contributed by atoms with E-state index < -0.39 is 5.97 Å². The second kappa shape index (κ2) is 10.3. The minimum absolute atomic E-state index is 0.0997. The highest BCUT2D eigenvalue weighted by Crippen LogP contribution is 2.68. The summed E-state index contributed by atoms with van der Waals surface area (Å²) in [4.78, 5) is 23.5. The van der Waals surface area contributed by atoms with Gasteiger partial charge in [-0.15, -0.1) is 0 Å². The van der Waals surface area contributed by atoms with Crippen LogP contribution in [0.1, 0.15) is 78.6 Å². The lowest BCUT2D eigenvalue weighted by molar-refractivity contribution is -0.208. The molecule has 7 heteroatoms. The van der Waals surface area contributed by atoms with Gasteiger partial charge in [0.1, 0.15) is 6.54 Å². The van der Waals surface area contributed by atoms with Crippen molar-refractivity contribution in [1.82, 2.24) is 5.32 Å². The lowest BCUT2D eigenvalue weighted by Crippen LogP contribution is -2.62. The van der Waals surface area contributed by atoms with Crippen LogP contribution in [-0.4, -0.2) is 61.2 Å². The van der Waals surface area contributed by atoms with Crippen LogP contribution in [0.5, 0.6) is 0 Å². The number of aliphatic hydroxyl groups excluding tert-OH is 2. The summed E-state index contributed by atoms with van der Waals surface area (Å²) in [6, 6.07) is 0. The maximum Gasteiger partial charge on any atom is 0.325 e. The molecule has 1 amide bonds. The lowest BCUT2D eigenvalue weighted by atomic mass is 9.43. The highest BCUT2D eigenvalue weighted by molar-refractivity contribution is 5.81. The molecule has 0 radical (unpaired) electrons. The second-order valence-corrected chi connectivity index (χ2v) is 12.6. The third-order valence-corrected chi connectivity index (χ3v) is 11.3. The largest absolute Gasteiger partial charge is 0.468 e. The van der Waals surface area contributed by atoms with Gasteiger partial charge in [-0.25, -0.2) is 0 Å². The fraction of sp³-hybridized carbons (Fsp3) is 0.929. The highest BCUT2D eigenvalue weighted by Gasteiger charge is 2.65. The number of aliphatic hydroxyl groups is 2. The summed E-state index contributed by atoms with van der Waals surface area (Å²) >= 11 is 0. The summed E-state index contributed by atoms with van der Waals surface area (Å²) in [6.45, 7) is 6.78. The number of methoxy groups -OCH3 is 2. The van der Waals surface area contributed by atoms with Gasteiger partial charge in [0.25, 0.3) is 0 Å². The Balaban J connectivity index is 1.46. The molecule has 7 nitrogen and oxygen atoms in total. The Labute approximate surface area is 210 Å². The van der Waals surface area contributed by atoms with Gasteiger partial charge >= 0.3 is 5.97 Å². The van der Waals surface area contributed by atoms with Crippen molar-refractivity contribution < 1.29 is 29.3 Å².